The highest BCUT2D eigenvalue weighted by molar-refractivity contribution is 7.92. The Morgan fingerprint density at radius 2 is 1.54 bits per heavy atom. The van der Waals surface area contributed by atoms with Gasteiger partial charge < -0.3 is 4.90 Å². The van der Waals surface area contributed by atoms with Crippen LogP contribution in [-0.2, 0) is 16.6 Å². The number of hydrogen-bond acceptors (Lipinski definition) is 5. The van der Waals surface area contributed by atoms with Crippen LogP contribution in [0.15, 0.2) is 107 Å². The van der Waals surface area contributed by atoms with E-state index >= 15 is 0 Å². The number of carbonyl (C=O) groups is 1. The molecule has 4 aromatic rings. The Labute approximate surface area is 234 Å². The molecule has 0 bridgehead atoms. The van der Waals surface area contributed by atoms with Crippen LogP contribution in [0, 0.1) is 6.92 Å². The first-order valence-electron chi connectivity index (χ1n) is 12.2. The number of nitrogens with one attached hydrogen (secondary N) is 1. The van der Waals surface area contributed by atoms with Gasteiger partial charge in [0.1, 0.15) is 0 Å². The predicted octanol–water partition coefficient (Wildman–Crippen LogP) is 5.87. The van der Waals surface area contributed by atoms with Crippen molar-refractivity contribution in [2.75, 3.05) is 23.3 Å². The number of amides is 1. The van der Waals surface area contributed by atoms with E-state index in [1.54, 1.807) is 72.8 Å². The third-order valence-corrected chi connectivity index (χ3v) is 8.08. The molecular weight excluding hydrogens is 532 g/mol. The number of aryl methyl sites for hydroxylation is 1. The van der Waals surface area contributed by atoms with E-state index in [1.807, 2.05) is 50.2 Å². The summed E-state index contributed by atoms with van der Waals surface area (Å²) in [6.45, 7) is 1.89. The molecular formula is C30H29ClN4O3S. The molecule has 0 spiro atoms. The highest BCUT2D eigenvalue weighted by atomic mass is 35.5. The molecule has 7 nitrogen and oxygen atoms in total. The van der Waals surface area contributed by atoms with Gasteiger partial charge in [-0.15, -0.1) is 0 Å². The van der Waals surface area contributed by atoms with Gasteiger partial charge in [0.25, 0.3) is 15.9 Å². The minimum Gasteiger partial charge on any atom is -0.378 e. The van der Waals surface area contributed by atoms with Crippen molar-refractivity contribution in [3.05, 3.63) is 124 Å². The van der Waals surface area contributed by atoms with Crippen LogP contribution in [0.5, 0.6) is 0 Å². The van der Waals surface area contributed by atoms with Crippen molar-refractivity contribution >= 4 is 45.1 Å². The van der Waals surface area contributed by atoms with E-state index in [0.29, 0.717) is 10.6 Å². The van der Waals surface area contributed by atoms with Gasteiger partial charge in [0.05, 0.1) is 28.9 Å². The zero-order valence-corrected chi connectivity index (χ0v) is 23.4. The van der Waals surface area contributed by atoms with Crippen molar-refractivity contribution in [2.24, 2.45) is 5.10 Å². The average molecular weight is 561 g/mol. The maximum Gasteiger partial charge on any atom is 0.273 e. The van der Waals surface area contributed by atoms with Gasteiger partial charge >= 0.3 is 0 Å². The molecule has 0 saturated carbocycles. The first-order chi connectivity index (χ1) is 18.6. The zero-order valence-electron chi connectivity index (χ0n) is 21.9. The number of hydrogen-bond donors (Lipinski definition) is 1. The maximum atomic E-state index is 13.9. The van der Waals surface area contributed by atoms with Crippen LogP contribution in [0.1, 0.15) is 27.0 Å². The molecule has 0 fully saturated rings. The molecule has 0 aliphatic rings. The number of halogens is 1. The molecule has 200 valence electrons. The van der Waals surface area contributed by atoms with E-state index in [2.05, 4.69) is 10.5 Å². The molecule has 1 amide bonds. The van der Waals surface area contributed by atoms with E-state index in [-0.39, 0.29) is 22.7 Å². The molecule has 1 N–H and O–H groups in total. The van der Waals surface area contributed by atoms with E-state index < -0.39 is 15.9 Å². The summed E-state index contributed by atoms with van der Waals surface area (Å²) in [5.74, 6) is -0.535. The summed E-state index contributed by atoms with van der Waals surface area (Å²) in [5.41, 5.74) is 6.43. The highest BCUT2D eigenvalue weighted by Crippen LogP contribution is 2.30. The summed E-state index contributed by atoms with van der Waals surface area (Å²) in [5, 5.41) is 4.64. The van der Waals surface area contributed by atoms with E-state index in [1.165, 1.54) is 10.5 Å². The van der Waals surface area contributed by atoms with Crippen LogP contribution in [0.4, 0.5) is 11.4 Å². The SMILES string of the molecule is Cc1ccc(S(=O)(=O)N(Cc2ccc(Cl)cc2)c2ccccc2C(=O)N/N=C\c2ccc(N(C)C)cc2)cc1. The van der Waals surface area contributed by atoms with Crippen molar-refractivity contribution in [3.63, 3.8) is 0 Å². The number of rotatable bonds is 9. The summed E-state index contributed by atoms with van der Waals surface area (Å²) in [6.07, 6.45) is 1.54. The van der Waals surface area contributed by atoms with Gasteiger partial charge in [0.2, 0.25) is 0 Å². The van der Waals surface area contributed by atoms with E-state index in [0.717, 1.165) is 16.8 Å². The first-order valence-corrected chi connectivity index (χ1v) is 14.0. The van der Waals surface area contributed by atoms with Gasteiger partial charge in [0.15, 0.2) is 0 Å². The highest BCUT2D eigenvalue weighted by Gasteiger charge is 2.28. The number of benzene rings is 4. The van der Waals surface area contributed by atoms with Crippen molar-refractivity contribution in [1.82, 2.24) is 5.43 Å². The normalized spacial score (nSPS) is 11.4. The Morgan fingerprint density at radius 1 is 0.897 bits per heavy atom. The molecule has 0 radical (unpaired) electrons. The largest absolute Gasteiger partial charge is 0.378 e. The monoisotopic (exact) mass is 560 g/mol. The first kappa shape index (κ1) is 27.9. The maximum absolute atomic E-state index is 13.9. The lowest BCUT2D eigenvalue weighted by atomic mass is 10.1. The number of para-hydroxylation sites is 1. The lowest BCUT2D eigenvalue weighted by Crippen LogP contribution is -2.33. The second-order valence-electron chi connectivity index (χ2n) is 9.15. The summed E-state index contributed by atoms with van der Waals surface area (Å²) in [7, 11) is -0.123. The minimum atomic E-state index is -4.03. The molecule has 4 rings (SSSR count). The second-order valence-corrected chi connectivity index (χ2v) is 11.5. The molecule has 0 saturated heterocycles. The Morgan fingerprint density at radius 3 is 2.18 bits per heavy atom. The quantitative estimate of drug-likeness (QED) is 0.205. The molecule has 39 heavy (non-hydrogen) atoms. The standard InChI is InChI=1S/C30H29ClN4O3S/c1-22-8-18-27(19-9-22)39(37,38)35(21-24-10-14-25(31)15-11-24)29-7-5-4-6-28(29)30(36)33-32-20-23-12-16-26(17-13-23)34(2)3/h4-20H,21H2,1-3H3,(H,33,36)/b32-20-. The van der Waals surface area contributed by atoms with Crippen molar-refractivity contribution in [2.45, 2.75) is 18.4 Å². The summed E-state index contributed by atoms with van der Waals surface area (Å²) < 4.78 is 29.0. The number of anilines is 2. The van der Waals surface area contributed by atoms with E-state index in [4.69, 9.17) is 11.6 Å². The minimum absolute atomic E-state index is 0.000830. The number of sulfonamides is 1. The van der Waals surface area contributed by atoms with Crippen LogP contribution >= 0.6 is 11.6 Å². The Balaban J connectivity index is 1.67. The van der Waals surface area contributed by atoms with Gasteiger partial charge in [-0.05, 0) is 66.6 Å². The molecule has 4 aromatic carbocycles. The lowest BCUT2D eigenvalue weighted by molar-refractivity contribution is 0.0955. The van der Waals surface area contributed by atoms with Crippen molar-refractivity contribution in [3.8, 4) is 0 Å². The summed E-state index contributed by atoms with van der Waals surface area (Å²) >= 11 is 6.05. The number of hydrazone groups is 1. The van der Waals surface area contributed by atoms with Crippen molar-refractivity contribution in [1.29, 1.82) is 0 Å². The lowest BCUT2D eigenvalue weighted by Gasteiger charge is -2.26. The fourth-order valence-corrected chi connectivity index (χ4v) is 5.46. The molecule has 0 atom stereocenters. The Bertz CT molecular complexity index is 1570. The molecule has 0 aliphatic carbocycles. The number of carbonyl (C=O) groups excluding carboxylic acids is 1. The molecule has 0 heterocycles. The predicted molar refractivity (Wildman–Crippen MR) is 158 cm³/mol. The molecule has 9 heteroatoms. The topological polar surface area (TPSA) is 82.1 Å². The molecule has 0 aromatic heterocycles. The van der Waals surface area contributed by atoms with Crippen LogP contribution in [-0.4, -0.2) is 34.6 Å². The number of nitrogens with zero attached hydrogens (tertiary/aromatic N) is 3. The van der Waals surface area contributed by atoms with Crippen molar-refractivity contribution < 1.29 is 13.2 Å². The zero-order chi connectivity index (χ0) is 28.0. The van der Waals surface area contributed by atoms with Gasteiger partial charge in [0, 0.05) is 24.8 Å². The van der Waals surface area contributed by atoms with Gasteiger partial charge in [-0.25, -0.2) is 13.8 Å². The van der Waals surface area contributed by atoms with E-state index in [9.17, 15) is 13.2 Å². The van der Waals surface area contributed by atoms with Gasteiger partial charge in [-0.2, -0.15) is 5.10 Å². The summed E-state index contributed by atoms with van der Waals surface area (Å²) in [6, 6.07) is 27.8. The van der Waals surface area contributed by atoms with Crippen LogP contribution in [0.25, 0.3) is 0 Å². The Hall–Kier alpha value is -4.14. The fraction of sp³-hybridized carbons (Fsp3) is 0.133. The average Bonchev–Trinajstić information content (AvgIpc) is 2.93. The third kappa shape index (κ3) is 6.85. The second kappa shape index (κ2) is 12.1. The smallest absolute Gasteiger partial charge is 0.273 e. The van der Waals surface area contributed by atoms with Crippen LogP contribution < -0.4 is 14.6 Å². The third-order valence-electron chi connectivity index (χ3n) is 6.05. The van der Waals surface area contributed by atoms with Gasteiger partial charge in [-0.1, -0.05) is 65.7 Å². The van der Waals surface area contributed by atoms with Crippen LogP contribution in [0.2, 0.25) is 5.02 Å². The van der Waals surface area contributed by atoms with Gasteiger partial charge in [-0.3, -0.25) is 9.10 Å². The van der Waals surface area contributed by atoms with Crippen LogP contribution in [0.3, 0.4) is 0 Å². The molecule has 0 aliphatic heterocycles. The fourth-order valence-electron chi connectivity index (χ4n) is 3.86. The molecule has 0 unspecified atom stereocenters. The summed E-state index contributed by atoms with van der Waals surface area (Å²) in [4.78, 5) is 15.3. The Kier molecular flexibility index (Phi) is 8.69.